The lowest BCUT2D eigenvalue weighted by molar-refractivity contribution is 0.0944. The van der Waals surface area contributed by atoms with E-state index in [0.717, 1.165) is 48.8 Å². The van der Waals surface area contributed by atoms with Crippen molar-refractivity contribution >= 4 is 28.4 Å². The van der Waals surface area contributed by atoms with E-state index in [4.69, 9.17) is 4.98 Å². The fourth-order valence-corrected chi connectivity index (χ4v) is 4.78. The summed E-state index contributed by atoms with van der Waals surface area (Å²) in [6, 6.07) is 21.9. The number of amides is 2. The minimum atomic E-state index is -0.190. The van der Waals surface area contributed by atoms with Crippen molar-refractivity contribution in [2.24, 2.45) is 0 Å². The van der Waals surface area contributed by atoms with Gasteiger partial charge >= 0.3 is 0 Å². The van der Waals surface area contributed by atoms with Gasteiger partial charge in [-0.3, -0.25) is 14.5 Å². The molecule has 2 amide bonds. The normalized spacial score (nSPS) is 12.9. The molecule has 0 unspecified atom stereocenters. The van der Waals surface area contributed by atoms with Crippen LogP contribution in [0.2, 0.25) is 0 Å². The Hall–Kier alpha value is -3.93. The first-order valence-corrected chi connectivity index (χ1v) is 12.2. The molecule has 0 fully saturated rings. The largest absolute Gasteiger partial charge is 0.350 e. The molecule has 1 aliphatic rings. The molecule has 0 aliphatic carbocycles. The van der Waals surface area contributed by atoms with Crippen LogP contribution in [0.1, 0.15) is 50.6 Å². The number of nitrogens with one attached hydrogen (secondary N) is 1. The van der Waals surface area contributed by atoms with Crippen LogP contribution < -0.4 is 10.2 Å². The van der Waals surface area contributed by atoms with Gasteiger partial charge in [0.05, 0.1) is 0 Å². The summed E-state index contributed by atoms with van der Waals surface area (Å²) in [5.41, 5.74) is 3.46. The maximum atomic E-state index is 13.6. The molecular formula is C29H30N4O2. The summed E-state index contributed by atoms with van der Waals surface area (Å²) < 4.78 is 1.99. The van der Waals surface area contributed by atoms with E-state index in [1.807, 2.05) is 47.0 Å². The number of aryl methyl sites for hydroxylation is 2. The van der Waals surface area contributed by atoms with Crippen molar-refractivity contribution < 1.29 is 9.59 Å². The summed E-state index contributed by atoms with van der Waals surface area (Å²) in [5, 5.41) is 4.96. The quantitative estimate of drug-likeness (QED) is 0.438. The molecule has 0 bridgehead atoms. The Bertz CT molecular complexity index is 1380. The number of hydrogen-bond acceptors (Lipinski definition) is 3. The fourth-order valence-electron chi connectivity index (χ4n) is 4.78. The van der Waals surface area contributed by atoms with Crippen LogP contribution in [-0.2, 0) is 19.4 Å². The number of nitrogens with zero attached hydrogens (tertiary/aromatic N) is 3. The van der Waals surface area contributed by atoms with Crippen LogP contribution in [0.5, 0.6) is 0 Å². The number of hydrogen-bond donors (Lipinski definition) is 1. The summed E-state index contributed by atoms with van der Waals surface area (Å²) in [6.07, 6.45) is 3.58. The molecule has 0 atom stereocenters. The number of rotatable bonds is 6. The van der Waals surface area contributed by atoms with Gasteiger partial charge in [0, 0.05) is 32.1 Å². The van der Waals surface area contributed by atoms with Crippen LogP contribution in [0.25, 0.3) is 10.8 Å². The van der Waals surface area contributed by atoms with E-state index in [-0.39, 0.29) is 11.8 Å². The molecule has 1 N–H and O–H groups in total. The average molecular weight is 467 g/mol. The Balaban J connectivity index is 1.42. The first kappa shape index (κ1) is 22.8. The summed E-state index contributed by atoms with van der Waals surface area (Å²) >= 11 is 0. The lowest BCUT2D eigenvalue weighted by Crippen LogP contribution is -2.33. The number of anilines is 1. The number of benzene rings is 3. The second-order valence-electron chi connectivity index (χ2n) is 9.19. The average Bonchev–Trinajstić information content (AvgIpc) is 3.28. The highest BCUT2D eigenvalue weighted by atomic mass is 16.2. The molecule has 0 saturated carbocycles. The van der Waals surface area contributed by atoms with Crippen LogP contribution in [0.3, 0.4) is 0 Å². The van der Waals surface area contributed by atoms with Crippen molar-refractivity contribution in [1.82, 2.24) is 14.9 Å². The second kappa shape index (κ2) is 9.74. The molecule has 2 heterocycles. The van der Waals surface area contributed by atoms with Crippen molar-refractivity contribution in [2.45, 2.75) is 39.2 Å². The fraction of sp³-hybridized carbons (Fsp3) is 0.276. The third-order valence-electron chi connectivity index (χ3n) is 6.74. The van der Waals surface area contributed by atoms with Crippen LogP contribution in [0.15, 0.2) is 66.7 Å². The van der Waals surface area contributed by atoms with Crippen LogP contribution in [0, 0.1) is 6.92 Å². The topological polar surface area (TPSA) is 67.2 Å². The van der Waals surface area contributed by atoms with E-state index in [1.54, 1.807) is 7.05 Å². The standard InChI is InChI=1S/C29H30N4O2/c1-20-13-15-21(16-14-20)17-18-30-28(34)26-27(31-25-12-5-6-19-33(25)26)32(2)29(35)24-11-7-9-22-8-3-4-10-23(22)24/h3-4,7-11,13-16H,5-6,12,17-19H2,1-2H3,(H,30,34). The summed E-state index contributed by atoms with van der Waals surface area (Å²) in [4.78, 5) is 33.3. The van der Waals surface area contributed by atoms with Gasteiger partial charge in [-0.2, -0.15) is 0 Å². The number of carbonyl (C=O) groups is 2. The zero-order valence-corrected chi connectivity index (χ0v) is 20.3. The lowest BCUT2D eigenvalue weighted by atomic mass is 10.0. The maximum Gasteiger partial charge on any atom is 0.271 e. The zero-order chi connectivity index (χ0) is 24.4. The Morgan fingerprint density at radius 1 is 1.00 bits per heavy atom. The van der Waals surface area contributed by atoms with E-state index >= 15 is 0 Å². The molecule has 4 aromatic rings. The molecular weight excluding hydrogens is 436 g/mol. The van der Waals surface area contributed by atoms with Gasteiger partial charge in [-0.1, -0.05) is 66.2 Å². The lowest BCUT2D eigenvalue weighted by Gasteiger charge is -2.19. The van der Waals surface area contributed by atoms with Crippen LogP contribution in [-0.4, -0.2) is 35.0 Å². The highest BCUT2D eigenvalue weighted by Gasteiger charge is 2.29. The van der Waals surface area contributed by atoms with Gasteiger partial charge in [-0.05, 0) is 48.6 Å². The molecule has 5 rings (SSSR count). The van der Waals surface area contributed by atoms with Crippen LogP contribution >= 0.6 is 0 Å². The minimum Gasteiger partial charge on any atom is -0.350 e. The Kier molecular flexibility index (Phi) is 6.36. The third kappa shape index (κ3) is 4.56. The summed E-state index contributed by atoms with van der Waals surface area (Å²) in [5.74, 6) is 0.927. The van der Waals surface area contributed by atoms with Crippen molar-refractivity contribution in [1.29, 1.82) is 0 Å². The first-order valence-electron chi connectivity index (χ1n) is 12.2. The SMILES string of the molecule is Cc1ccc(CCNC(=O)c2c(N(C)C(=O)c3cccc4ccccc34)nc3n2CCCC3)cc1. The van der Waals surface area contributed by atoms with Crippen molar-refractivity contribution in [3.8, 4) is 0 Å². The predicted molar refractivity (Wildman–Crippen MR) is 139 cm³/mol. The molecule has 0 spiro atoms. The Morgan fingerprint density at radius 2 is 1.77 bits per heavy atom. The molecule has 3 aromatic carbocycles. The van der Waals surface area contributed by atoms with Gasteiger partial charge in [0.1, 0.15) is 5.82 Å². The van der Waals surface area contributed by atoms with E-state index in [2.05, 4.69) is 36.5 Å². The van der Waals surface area contributed by atoms with Gasteiger partial charge < -0.3 is 9.88 Å². The molecule has 0 radical (unpaired) electrons. The predicted octanol–water partition coefficient (Wildman–Crippen LogP) is 4.93. The number of carbonyl (C=O) groups excluding carboxylic acids is 2. The highest BCUT2D eigenvalue weighted by molar-refractivity contribution is 6.15. The summed E-state index contributed by atoms with van der Waals surface area (Å²) in [7, 11) is 1.71. The molecule has 35 heavy (non-hydrogen) atoms. The molecule has 178 valence electrons. The third-order valence-corrected chi connectivity index (χ3v) is 6.74. The number of imidazole rings is 1. The molecule has 1 aromatic heterocycles. The van der Waals surface area contributed by atoms with E-state index in [9.17, 15) is 9.59 Å². The van der Waals surface area contributed by atoms with E-state index < -0.39 is 0 Å². The summed E-state index contributed by atoms with van der Waals surface area (Å²) in [6.45, 7) is 3.31. The van der Waals surface area contributed by atoms with Gasteiger partial charge in [0.2, 0.25) is 0 Å². The molecule has 1 aliphatic heterocycles. The molecule has 6 heteroatoms. The second-order valence-corrected chi connectivity index (χ2v) is 9.19. The Labute approximate surface area is 205 Å². The Morgan fingerprint density at radius 3 is 2.60 bits per heavy atom. The van der Waals surface area contributed by atoms with Gasteiger partial charge in [0.25, 0.3) is 11.8 Å². The monoisotopic (exact) mass is 466 g/mol. The van der Waals surface area contributed by atoms with E-state index in [0.29, 0.717) is 23.6 Å². The molecule has 0 saturated heterocycles. The maximum absolute atomic E-state index is 13.6. The first-order chi connectivity index (χ1) is 17.0. The van der Waals surface area contributed by atoms with Gasteiger partial charge in [-0.25, -0.2) is 4.98 Å². The number of fused-ring (bicyclic) bond motifs is 2. The highest BCUT2D eigenvalue weighted by Crippen LogP contribution is 2.28. The number of aromatic nitrogens is 2. The smallest absolute Gasteiger partial charge is 0.271 e. The van der Waals surface area contributed by atoms with Crippen molar-refractivity contribution in [3.05, 3.63) is 94.9 Å². The van der Waals surface area contributed by atoms with Crippen molar-refractivity contribution in [3.63, 3.8) is 0 Å². The zero-order valence-electron chi connectivity index (χ0n) is 20.3. The minimum absolute atomic E-state index is 0.175. The van der Waals surface area contributed by atoms with Crippen LogP contribution in [0.4, 0.5) is 5.82 Å². The van der Waals surface area contributed by atoms with E-state index in [1.165, 1.54) is 16.0 Å². The van der Waals surface area contributed by atoms with Crippen molar-refractivity contribution in [2.75, 3.05) is 18.5 Å². The molecule has 6 nitrogen and oxygen atoms in total. The van der Waals surface area contributed by atoms with Gasteiger partial charge in [-0.15, -0.1) is 0 Å². The van der Waals surface area contributed by atoms with Gasteiger partial charge in [0.15, 0.2) is 11.5 Å².